The Balaban J connectivity index is 2.03. The highest BCUT2D eigenvalue weighted by Gasteiger charge is 2.15. The molecule has 0 spiro atoms. The lowest BCUT2D eigenvalue weighted by Gasteiger charge is -2.23. The fourth-order valence-electron chi connectivity index (χ4n) is 2.01. The van der Waals surface area contributed by atoms with Crippen LogP contribution < -0.4 is 10.6 Å². The van der Waals surface area contributed by atoms with Crippen LogP contribution in [-0.4, -0.2) is 43.9 Å². The molecule has 1 saturated heterocycles. The number of nitrogens with zero attached hydrogens (tertiary/aromatic N) is 1. The first-order valence-electron chi connectivity index (χ1n) is 6.65. The molecule has 7 heteroatoms. The van der Waals surface area contributed by atoms with Crippen molar-refractivity contribution in [1.82, 2.24) is 0 Å². The van der Waals surface area contributed by atoms with Gasteiger partial charge < -0.3 is 20.1 Å². The number of hydrogen-bond acceptors (Lipinski definition) is 6. The first-order chi connectivity index (χ1) is 9.69. The minimum absolute atomic E-state index is 0.0226. The molecule has 0 bridgehead atoms. The third-order valence-electron chi connectivity index (χ3n) is 2.93. The summed E-state index contributed by atoms with van der Waals surface area (Å²) in [6.07, 6.45) is -0.0226. The zero-order chi connectivity index (χ0) is 14.4. The second-order valence-corrected chi connectivity index (χ2v) is 4.50. The quantitative estimate of drug-likeness (QED) is 0.611. The molecule has 0 saturated carbocycles. The Hall–Kier alpha value is -1.86. The van der Waals surface area contributed by atoms with Crippen LogP contribution in [-0.2, 0) is 9.47 Å². The van der Waals surface area contributed by atoms with Crippen molar-refractivity contribution >= 4 is 17.1 Å². The fraction of sp³-hybridized carbons (Fsp3) is 0.538. The van der Waals surface area contributed by atoms with Gasteiger partial charge in [-0.3, -0.25) is 10.1 Å². The summed E-state index contributed by atoms with van der Waals surface area (Å²) in [5.41, 5.74) is 1.49. The number of nitro groups is 1. The maximum Gasteiger partial charge on any atom is 0.273 e. The van der Waals surface area contributed by atoms with E-state index in [2.05, 4.69) is 10.6 Å². The highest BCUT2D eigenvalue weighted by atomic mass is 16.6. The number of benzene rings is 1. The van der Waals surface area contributed by atoms with Crippen LogP contribution in [0.5, 0.6) is 0 Å². The molecule has 1 aromatic carbocycles. The van der Waals surface area contributed by atoms with Crippen LogP contribution in [0.3, 0.4) is 0 Å². The van der Waals surface area contributed by atoms with E-state index in [4.69, 9.17) is 9.47 Å². The van der Waals surface area contributed by atoms with Gasteiger partial charge in [0.15, 0.2) is 0 Å². The van der Waals surface area contributed by atoms with Gasteiger partial charge in [-0.2, -0.15) is 0 Å². The smallest absolute Gasteiger partial charge is 0.273 e. The van der Waals surface area contributed by atoms with E-state index in [9.17, 15) is 10.1 Å². The van der Waals surface area contributed by atoms with Crippen LogP contribution in [0.1, 0.15) is 6.92 Å². The van der Waals surface area contributed by atoms with Gasteiger partial charge in [0.05, 0.1) is 30.8 Å². The van der Waals surface area contributed by atoms with E-state index in [-0.39, 0.29) is 11.8 Å². The molecule has 1 aromatic rings. The Kier molecular flexibility index (Phi) is 5.14. The number of nitrogens with one attached hydrogen (secondary N) is 2. The van der Waals surface area contributed by atoms with Crippen molar-refractivity contribution in [2.45, 2.75) is 13.0 Å². The molecular formula is C13H19N3O4. The van der Waals surface area contributed by atoms with Gasteiger partial charge in [0, 0.05) is 36.6 Å². The molecule has 0 aromatic heterocycles. The highest BCUT2D eigenvalue weighted by molar-refractivity contribution is 5.63. The van der Waals surface area contributed by atoms with Gasteiger partial charge in [0.1, 0.15) is 0 Å². The summed E-state index contributed by atoms with van der Waals surface area (Å²) in [5.74, 6) is 0. The molecule has 1 heterocycles. The molecule has 2 rings (SSSR count). The molecule has 7 nitrogen and oxygen atoms in total. The normalized spacial score (nSPS) is 18.6. The summed E-state index contributed by atoms with van der Waals surface area (Å²) in [6, 6.07) is 4.89. The number of non-ortho nitro benzene ring substituents is 1. The molecule has 0 radical (unpaired) electrons. The van der Waals surface area contributed by atoms with Gasteiger partial charge in [-0.15, -0.1) is 0 Å². The van der Waals surface area contributed by atoms with E-state index in [1.807, 2.05) is 13.0 Å². The summed E-state index contributed by atoms with van der Waals surface area (Å²) in [7, 11) is 0. The maximum atomic E-state index is 10.9. The minimum atomic E-state index is -0.397. The lowest BCUT2D eigenvalue weighted by atomic mass is 10.2. The largest absolute Gasteiger partial charge is 0.385 e. The van der Waals surface area contributed by atoms with Gasteiger partial charge in [0.2, 0.25) is 0 Å². The van der Waals surface area contributed by atoms with Crippen LogP contribution >= 0.6 is 0 Å². The van der Waals surface area contributed by atoms with Gasteiger partial charge in [-0.25, -0.2) is 0 Å². The summed E-state index contributed by atoms with van der Waals surface area (Å²) < 4.78 is 10.8. The zero-order valence-electron chi connectivity index (χ0n) is 11.4. The maximum absolute atomic E-state index is 10.9. The third-order valence-corrected chi connectivity index (χ3v) is 2.93. The predicted molar refractivity (Wildman–Crippen MR) is 76.3 cm³/mol. The molecule has 1 fully saturated rings. The molecule has 2 N–H and O–H groups in total. The number of ether oxygens (including phenoxy) is 2. The van der Waals surface area contributed by atoms with E-state index in [1.165, 1.54) is 12.1 Å². The van der Waals surface area contributed by atoms with Gasteiger partial charge in [-0.05, 0) is 13.0 Å². The lowest BCUT2D eigenvalue weighted by molar-refractivity contribution is -0.384. The zero-order valence-corrected chi connectivity index (χ0v) is 11.4. The summed E-state index contributed by atoms with van der Waals surface area (Å²) in [6.45, 7) is 4.97. The van der Waals surface area contributed by atoms with E-state index in [0.717, 1.165) is 5.69 Å². The van der Waals surface area contributed by atoms with E-state index >= 15 is 0 Å². The topological polar surface area (TPSA) is 85.7 Å². The van der Waals surface area contributed by atoms with Gasteiger partial charge in [0.25, 0.3) is 5.69 Å². The highest BCUT2D eigenvalue weighted by Crippen LogP contribution is 2.24. The van der Waals surface area contributed by atoms with Crippen molar-refractivity contribution < 1.29 is 14.4 Å². The van der Waals surface area contributed by atoms with E-state index < -0.39 is 4.92 Å². The summed E-state index contributed by atoms with van der Waals surface area (Å²) >= 11 is 0. The van der Waals surface area contributed by atoms with Crippen molar-refractivity contribution in [1.29, 1.82) is 0 Å². The average Bonchev–Trinajstić information content (AvgIpc) is 2.46. The predicted octanol–water partition coefficient (Wildman–Crippen LogP) is 1.85. The Morgan fingerprint density at radius 2 is 2.05 bits per heavy atom. The average molecular weight is 281 g/mol. The Labute approximate surface area is 117 Å². The van der Waals surface area contributed by atoms with Crippen molar-refractivity contribution in [3.05, 3.63) is 28.3 Å². The Morgan fingerprint density at radius 1 is 1.30 bits per heavy atom. The Bertz CT molecular complexity index is 461. The second-order valence-electron chi connectivity index (χ2n) is 4.50. The summed E-state index contributed by atoms with van der Waals surface area (Å²) in [5, 5.41) is 17.2. The minimum Gasteiger partial charge on any atom is -0.385 e. The SMILES string of the molecule is CCNc1cc(NCC2COCCO2)cc([N+](=O)[O-])c1. The number of hydrogen-bond donors (Lipinski definition) is 2. The first-order valence-corrected chi connectivity index (χ1v) is 6.65. The van der Waals surface area contributed by atoms with Crippen molar-refractivity contribution in [2.24, 2.45) is 0 Å². The molecule has 0 amide bonds. The molecule has 1 aliphatic heterocycles. The number of anilines is 2. The molecular weight excluding hydrogens is 262 g/mol. The van der Waals surface area contributed by atoms with Gasteiger partial charge in [-0.1, -0.05) is 0 Å². The molecule has 1 unspecified atom stereocenters. The third kappa shape index (κ3) is 4.07. The number of nitro benzene ring substituents is 1. The Morgan fingerprint density at radius 3 is 2.65 bits per heavy atom. The number of rotatable bonds is 6. The second kappa shape index (κ2) is 7.06. The molecule has 1 aliphatic rings. The molecule has 1 atom stereocenters. The van der Waals surface area contributed by atoms with Crippen LogP contribution in [0.25, 0.3) is 0 Å². The monoisotopic (exact) mass is 281 g/mol. The van der Waals surface area contributed by atoms with Crippen LogP contribution in [0.2, 0.25) is 0 Å². The van der Waals surface area contributed by atoms with E-state index in [0.29, 0.717) is 38.6 Å². The molecule has 110 valence electrons. The van der Waals surface area contributed by atoms with Crippen LogP contribution in [0, 0.1) is 10.1 Å². The summed E-state index contributed by atoms with van der Waals surface area (Å²) in [4.78, 5) is 10.5. The van der Waals surface area contributed by atoms with Crippen molar-refractivity contribution in [3.8, 4) is 0 Å². The van der Waals surface area contributed by atoms with Crippen molar-refractivity contribution in [2.75, 3.05) is 43.5 Å². The molecule has 0 aliphatic carbocycles. The lowest BCUT2D eigenvalue weighted by Crippen LogP contribution is -2.34. The van der Waals surface area contributed by atoms with Crippen LogP contribution in [0.4, 0.5) is 17.1 Å². The van der Waals surface area contributed by atoms with E-state index in [1.54, 1.807) is 0 Å². The van der Waals surface area contributed by atoms with Crippen LogP contribution in [0.15, 0.2) is 18.2 Å². The van der Waals surface area contributed by atoms with Gasteiger partial charge >= 0.3 is 0 Å². The molecule has 20 heavy (non-hydrogen) atoms. The fourth-order valence-corrected chi connectivity index (χ4v) is 2.01. The first kappa shape index (κ1) is 14.5. The van der Waals surface area contributed by atoms with Crippen molar-refractivity contribution in [3.63, 3.8) is 0 Å². The standard InChI is InChI=1S/C13H19N3O4/c1-2-14-10-5-11(7-12(6-10)16(17)18)15-8-13-9-19-3-4-20-13/h5-7,13-15H,2-4,8-9H2,1H3.